The molecule has 0 bridgehead atoms. The highest BCUT2D eigenvalue weighted by molar-refractivity contribution is 6.29. The van der Waals surface area contributed by atoms with Crippen LogP contribution in [0.25, 0.3) is 0 Å². The van der Waals surface area contributed by atoms with Crippen molar-refractivity contribution in [2.45, 2.75) is 45.3 Å². The highest BCUT2D eigenvalue weighted by atomic mass is 35.5. The molecule has 0 amide bonds. The van der Waals surface area contributed by atoms with E-state index in [0.717, 1.165) is 5.56 Å². The molecule has 1 fully saturated rings. The largest absolute Gasteiger partial charge is 0.373 e. The van der Waals surface area contributed by atoms with E-state index in [0.29, 0.717) is 23.8 Å². The summed E-state index contributed by atoms with van der Waals surface area (Å²) >= 11 is 5.73. The third-order valence-corrected chi connectivity index (χ3v) is 3.51. The zero-order valence-electron chi connectivity index (χ0n) is 9.66. The molecule has 0 aliphatic heterocycles. The van der Waals surface area contributed by atoms with E-state index in [1.54, 1.807) is 6.20 Å². The van der Waals surface area contributed by atoms with Gasteiger partial charge < -0.3 is 4.74 Å². The molecule has 0 N–H and O–H groups in total. The number of hydrogen-bond acceptors (Lipinski definition) is 2. The Morgan fingerprint density at radius 1 is 1.38 bits per heavy atom. The molecule has 1 aliphatic carbocycles. The smallest absolute Gasteiger partial charge is 0.129 e. The fraction of sp³-hybridized carbons (Fsp3) is 0.615. The van der Waals surface area contributed by atoms with Crippen LogP contribution in [0.2, 0.25) is 5.15 Å². The second-order valence-corrected chi connectivity index (χ2v) is 4.99. The first kappa shape index (κ1) is 11.9. The number of ether oxygens (including phenoxy) is 1. The molecular formula is C13H18ClNO. The van der Waals surface area contributed by atoms with E-state index < -0.39 is 0 Å². The van der Waals surface area contributed by atoms with Gasteiger partial charge in [0.2, 0.25) is 0 Å². The normalized spacial score (nSPS) is 25.6. The second-order valence-electron chi connectivity index (χ2n) is 4.60. The van der Waals surface area contributed by atoms with E-state index >= 15 is 0 Å². The van der Waals surface area contributed by atoms with E-state index in [2.05, 4.69) is 11.9 Å². The van der Waals surface area contributed by atoms with Gasteiger partial charge in [0.05, 0.1) is 12.7 Å². The number of halogens is 1. The molecule has 2 unspecified atom stereocenters. The molecule has 1 heterocycles. The first-order chi connectivity index (χ1) is 7.75. The number of rotatable bonds is 3. The summed E-state index contributed by atoms with van der Waals surface area (Å²) in [7, 11) is 0. The molecule has 2 nitrogen and oxygen atoms in total. The molecule has 0 aromatic carbocycles. The predicted molar refractivity (Wildman–Crippen MR) is 65.5 cm³/mol. The van der Waals surface area contributed by atoms with Gasteiger partial charge in [-0.15, -0.1) is 0 Å². The van der Waals surface area contributed by atoms with Crippen molar-refractivity contribution in [2.75, 3.05) is 0 Å². The fourth-order valence-corrected chi connectivity index (χ4v) is 2.34. The van der Waals surface area contributed by atoms with Crippen molar-refractivity contribution in [3.63, 3.8) is 0 Å². The van der Waals surface area contributed by atoms with Gasteiger partial charge >= 0.3 is 0 Å². The standard InChI is InChI=1S/C13H18ClNO/c1-10-4-2-3-5-12(10)16-9-11-6-7-13(14)15-8-11/h6-8,10,12H,2-5,9H2,1H3. The van der Waals surface area contributed by atoms with Gasteiger partial charge in [0.15, 0.2) is 0 Å². The maximum atomic E-state index is 5.94. The predicted octanol–water partition coefficient (Wildman–Crippen LogP) is 3.83. The molecule has 1 saturated carbocycles. The van der Waals surface area contributed by atoms with E-state index in [4.69, 9.17) is 16.3 Å². The van der Waals surface area contributed by atoms with Gasteiger partial charge in [-0.2, -0.15) is 0 Å². The van der Waals surface area contributed by atoms with Crippen LogP contribution in [0.1, 0.15) is 38.2 Å². The minimum atomic E-state index is 0.421. The van der Waals surface area contributed by atoms with Gasteiger partial charge in [0, 0.05) is 6.20 Å². The van der Waals surface area contributed by atoms with E-state index in [1.165, 1.54) is 25.7 Å². The first-order valence-electron chi connectivity index (χ1n) is 5.98. The fourth-order valence-electron chi connectivity index (χ4n) is 2.22. The van der Waals surface area contributed by atoms with Crippen LogP contribution in [0.15, 0.2) is 18.3 Å². The van der Waals surface area contributed by atoms with Crippen molar-refractivity contribution >= 4 is 11.6 Å². The van der Waals surface area contributed by atoms with Gasteiger partial charge in [-0.05, 0) is 30.4 Å². The van der Waals surface area contributed by atoms with Crippen LogP contribution >= 0.6 is 11.6 Å². The zero-order chi connectivity index (χ0) is 11.4. The summed E-state index contributed by atoms with van der Waals surface area (Å²) < 4.78 is 5.94. The Balaban J connectivity index is 1.84. The number of hydrogen-bond donors (Lipinski definition) is 0. The summed E-state index contributed by atoms with van der Waals surface area (Å²) in [5.74, 6) is 0.689. The number of nitrogens with zero attached hydrogens (tertiary/aromatic N) is 1. The van der Waals surface area contributed by atoms with Crippen LogP contribution in [0, 0.1) is 5.92 Å². The van der Waals surface area contributed by atoms with Gasteiger partial charge in [0.25, 0.3) is 0 Å². The monoisotopic (exact) mass is 239 g/mol. The summed E-state index contributed by atoms with van der Waals surface area (Å²) in [6.07, 6.45) is 7.35. The molecule has 88 valence electrons. The topological polar surface area (TPSA) is 22.1 Å². The Morgan fingerprint density at radius 2 is 2.19 bits per heavy atom. The van der Waals surface area contributed by atoms with Crippen LogP contribution < -0.4 is 0 Å². The van der Waals surface area contributed by atoms with Gasteiger partial charge in [-0.3, -0.25) is 0 Å². The Hall–Kier alpha value is -0.600. The van der Waals surface area contributed by atoms with Gasteiger partial charge in [-0.25, -0.2) is 4.98 Å². The Bertz CT molecular complexity index is 325. The van der Waals surface area contributed by atoms with Crippen molar-refractivity contribution in [3.8, 4) is 0 Å². The lowest BCUT2D eigenvalue weighted by Crippen LogP contribution is -2.25. The SMILES string of the molecule is CC1CCCCC1OCc1ccc(Cl)nc1. The van der Waals surface area contributed by atoms with Crippen LogP contribution in [0.3, 0.4) is 0 Å². The highest BCUT2D eigenvalue weighted by Crippen LogP contribution is 2.26. The van der Waals surface area contributed by atoms with Crippen LogP contribution in [0.4, 0.5) is 0 Å². The molecule has 2 atom stereocenters. The van der Waals surface area contributed by atoms with Crippen LogP contribution in [-0.4, -0.2) is 11.1 Å². The molecule has 1 aliphatic rings. The molecular weight excluding hydrogens is 222 g/mol. The lowest BCUT2D eigenvalue weighted by molar-refractivity contribution is -0.0155. The summed E-state index contributed by atoms with van der Waals surface area (Å²) in [5, 5.41) is 0.537. The van der Waals surface area contributed by atoms with E-state index in [-0.39, 0.29) is 0 Å². The van der Waals surface area contributed by atoms with Crippen molar-refractivity contribution in [1.82, 2.24) is 4.98 Å². The van der Waals surface area contributed by atoms with Crippen LogP contribution in [-0.2, 0) is 11.3 Å². The average molecular weight is 240 g/mol. The van der Waals surface area contributed by atoms with Gasteiger partial charge in [-0.1, -0.05) is 37.4 Å². The quantitative estimate of drug-likeness (QED) is 0.748. The number of pyridine rings is 1. The zero-order valence-corrected chi connectivity index (χ0v) is 10.4. The van der Waals surface area contributed by atoms with Gasteiger partial charge in [0.1, 0.15) is 5.15 Å². The molecule has 1 aromatic heterocycles. The number of aromatic nitrogens is 1. The Kier molecular flexibility index (Phi) is 4.19. The lowest BCUT2D eigenvalue weighted by Gasteiger charge is -2.28. The van der Waals surface area contributed by atoms with Crippen molar-refractivity contribution in [3.05, 3.63) is 29.0 Å². The molecule has 0 spiro atoms. The Morgan fingerprint density at radius 3 is 2.88 bits per heavy atom. The van der Waals surface area contributed by atoms with Crippen LogP contribution in [0.5, 0.6) is 0 Å². The first-order valence-corrected chi connectivity index (χ1v) is 6.35. The Labute approximate surface area is 102 Å². The molecule has 2 rings (SSSR count). The van der Waals surface area contributed by atoms with E-state index in [1.807, 2.05) is 12.1 Å². The third kappa shape index (κ3) is 3.19. The van der Waals surface area contributed by atoms with Crippen molar-refractivity contribution < 1.29 is 4.74 Å². The van der Waals surface area contributed by atoms with Crippen molar-refractivity contribution in [2.24, 2.45) is 5.92 Å². The van der Waals surface area contributed by atoms with E-state index in [9.17, 15) is 0 Å². The summed E-state index contributed by atoms with van der Waals surface area (Å²) in [4.78, 5) is 4.05. The maximum Gasteiger partial charge on any atom is 0.129 e. The second kappa shape index (κ2) is 5.65. The minimum Gasteiger partial charge on any atom is -0.373 e. The average Bonchev–Trinajstić information content (AvgIpc) is 2.30. The molecule has 3 heteroatoms. The molecule has 16 heavy (non-hydrogen) atoms. The maximum absolute atomic E-state index is 5.94. The molecule has 0 saturated heterocycles. The summed E-state index contributed by atoms with van der Waals surface area (Å²) in [6.45, 7) is 2.93. The van der Waals surface area contributed by atoms with Crippen molar-refractivity contribution in [1.29, 1.82) is 0 Å². The summed E-state index contributed by atoms with van der Waals surface area (Å²) in [6, 6.07) is 3.79. The minimum absolute atomic E-state index is 0.421. The lowest BCUT2D eigenvalue weighted by atomic mass is 9.88. The third-order valence-electron chi connectivity index (χ3n) is 3.29. The molecule has 0 radical (unpaired) electrons. The highest BCUT2D eigenvalue weighted by Gasteiger charge is 2.21. The molecule has 1 aromatic rings. The summed E-state index contributed by atoms with van der Waals surface area (Å²) in [5.41, 5.74) is 1.10.